The number of nitrogens with zero attached hydrogens (tertiary/aromatic N) is 1. The van der Waals surface area contributed by atoms with Gasteiger partial charge in [0.15, 0.2) is 0 Å². The second-order valence-corrected chi connectivity index (χ2v) is 6.69. The second kappa shape index (κ2) is 6.16. The summed E-state index contributed by atoms with van der Waals surface area (Å²) in [4.78, 5) is 4.51. The summed E-state index contributed by atoms with van der Waals surface area (Å²) in [5.74, 6) is 0. The zero-order chi connectivity index (χ0) is 14.8. The summed E-state index contributed by atoms with van der Waals surface area (Å²) in [6, 6.07) is 14.5. The third-order valence-corrected chi connectivity index (χ3v) is 4.65. The van der Waals surface area contributed by atoms with E-state index in [1.165, 1.54) is 11.1 Å². The first-order valence-corrected chi connectivity index (χ1v) is 8.26. The van der Waals surface area contributed by atoms with Gasteiger partial charge >= 0.3 is 0 Å². The zero-order valence-electron chi connectivity index (χ0n) is 11.5. The van der Waals surface area contributed by atoms with E-state index in [1.807, 2.05) is 12.3 Å². The summed E-state index contributed by atoms with van der Waals surface area (Å²) >= 11 is 7.09. The molecule has 2 aromatic carbocycles. The average Bonchev–Trinajstić information content (AvgIpc) is 2.50. The lowest BCUT2D eigenvalue weighted by Crippen LogP contribution is -2.02. The third-order valence-electron chi connectivity index (χ3n) is 3.47. The van der Waals surface area contributed by atoms with Crippen molar-refractivity contribution in [3.63, 3.8) is 0 Å². The minimum Gasteiger partial charge on any atom is -0.381 e. The molecule has 3 aromatic rings. The van der Waals surface area contributed by atoms with Crippen molar-refractivity contribution in [3.05, 3.63) is 68.7 Å². The highest BCUT2D eigenvalue weighted by atomic mass is 79.9. The number of benzene rings is 2. The van der Waals surface area contributed by atoms with Crippen LogP contribution < -0.4 is 5.32 Å². The number of fused-ring (bicyclic) bond motifs is 1. The first kappa shape index (κ1) is 14.5. The van der Waals surface area contributed by atoms with Crippen LogP contribution in [-0.4, -0.2) is 4.98 Å². The molecule has 0 unspecified atom stereocenters. The number of nitrogens with one attached hydrogen (secondary N) is 1. The molecule has 0 aliphatic heterocycles. The molecule has 0 spiro atoms. The van der Waals surface area contributed by atoms with Gasteiger partial charge in [0.1, 0.15) is 0 Å². The highest BCUT2D eigenvalue weighted by molar-refractivity contribution is 9.11. The fourth-order valence-corrected chi connectivity index (χ4v) is 3.13. The molecule has 0 saturated heterocycles. The van der Waals surface area contributed by atoms with E-state index in [9.17, 15) is 0 Å². The summed E-state index contributed by atoms with van der Waals surface area (Å²) in [5.41, 5.74) is 4.59. The molecule has 21 heavy (non-hydrogen) atoms. The lowest BCUT2D eigenvalue weighted by atomic mass is 10.1. The lowest BCUT2D eigenvalue weighted by molar-refractivity contribution is 1.14. The van der Waals surface area contributed by atoms with Crippen LogP contribution in [0.4, 0.5) is 5.69 Å². The molecule has 0 amide bonds. The van der Waals surface area contributed by atoms with Crippen LogP contribution in [0.5, 0.6) is 0 Å². The first-order valence-electron chi connectivity index (χ1n) is 6.67. The SMILES string of the molecule is Cc1ccc(Br)cc1NCc1ccc(Br)c2cccnc12. The first-order chi connectivity index (χ1) is 10.1. The van der Waals surface area contributed by atoms with Gasteiger partial charge < -0.3 is 5.32 Å². The number of anilines is 1. The van der Waals surface area contributed by atoms with Crippen molar-refractivity contribution in [3.8, 4) is 0 Å². The molecule has 0 aliphatic rings. The second-order valence-electron chi connectivity index (χ2n) is 4.92. The van der Waals surface area contributed by atoms with Gasteiger partial charge in [-0.05, 0) is 42.3 Å². The Hall–Kier alpha value is -1.39. The van der Waals surface area contributed by atoms with Crippen molar-refractivity contribution >= 4 is 48.5 Å². The van der Waals surface area contributed by atoms with E-state index in [4.69, 9.17) is 0 Å². The Morgan fingerprint density at radius 3 is 2.81 bits per heavy atom. The van der Waals surface area contributed by atoms with Crippen LogP contribution in [0, 0.1) is 6.92 Å². The van der Waals surface area contributed by atoms with E-state index in [0.29, 0.717) is 0 Å². The molecular formula is C17H14Br2N2. The quantitative estimate of drug-likeness (QED) is 0.606. The predicted octanol–water partition coefficient (Wildman–Crippen LogP) is 5.68. The summed E-state index contributed by atoms with van der Waals surface area (Å²) in [5, 5.41) is 4.64. The number of rotatable bonds is 3. The standard InChI is InChI=1S/C17H14Br2N2/c1-11-4-6-13(18)9-16(11)21-10-12-5-7-15(19)14-3-2-8-20-17(12)14/h2-9,21H,10H2,1H3. The minimum absolute atomic E-state index is 0.748. The van der Waals surface area contributed by atoms with E-state index in [1.54, 1.807) is 0 Å². The van der Waals surface area contributed by atoms with Gasteiger partial charge in [0.25, 0.3) is 0 Å². The van der Waals surface area contributed by atoms with Crippen LogP contribution in [0.25, 0.3) is 10.9 Å². The number of pyridine rings is 1. The van der Waals surface area contributed by atoms with Crippen molar-refractivity contribution in [2.45, 2.75) is 13.5 Å². The Labute approximate surface area is 140 Å². The van der Waals surface area contributed by atoms with Crippen LogP contribution >= 0.6 is 31.9 Å². The topological polar surface area (TPSA) is 24.9 Å². The van der Waals surface area contributed by atoms with Gasteiger partial charge in [0, 0.05) is 32.8 Å². The van der Waals surface area contributed by atoms with Crippen LogP contribution in [-0.2, 0) is 6.54 Å². The van der Waals surface area contributed by atoms with Gasteiger partial charge in [-0.1, -0.05) is 50.1 Å². The number of aromatic nitrogens is 1. The molecule has 4 heteroatoms. The molecule has 106 valence electrons. The highest BCUT2D eigenvalue weighted by Gasteiger charge is 2.06. The molecule has 1 heterocycles. The molecule has 1 N–H and O–H groups in total. The van der Waals surface area contributed by atoms with Gasteiger partial charge in [-0.2, -0.15) is 0 Å². The summed E-state index contributed by atoms with van der Waals surface area (Å²) < 4.78 is 2.15. The van der Waals surface area contributed by atoms with E-state index in [2.05, 4.69) is 85.5 Å². The van der Waals surface area contributed by atoms with Gasteiger partial charge in [0.2, 0.25) is 0 Å². The average molecular weight is 406 g/mol. The van der Waals surface area contributed by atoms with E-state index >= 15 is 0 Å². The van der Waals surface area contributed by atoms with E-state index in [0.717, 1.165) is 32.1 Å². The molecule has 0 aliphatic carbocycles. The maximum Gasteiger partial charge on any atom is 0.0763 e. The van der Waals surface area contributed by atoms with E-state index < -0.39 is 0 Å². The Bertz CT molecular complexity index is 800. The van der Waals surface area contributed by atoms with Gasteiger partial charge in [-0.3, -0.25) is 4.98 Å². The monoisotopic (exact) mass is 404 g/mol. The summed E-state index contributed by atoms with van der Waals surface area (Å²) in [6.07, 6.45) is 1.84. The predicted molar refractivity (Wildman–Crippen MR) is 95.6 cm³/mol. The Morgan fingerprint density at radius 2 is 1.95 bits per heavy atom. The number of hydrogen-bond donors (Lipinski definition) is 1. The van der Waals surface area contributed by atoms with Crippen LogP contribution in [0.15, 0.2) is 57.6 Å². The summed E-state index contributed by atoms with van der Waals surface area (Å²) in [6.45, 7) is 2.85. The summed E-state index contributed by atoms with van der Waals surface area (Å²) in [7, 11) is 0. The maximum absolute atomic E-state index is 4.51. The molecule has 2 nitrogen and oxygen atoms in total. The lowest BCUT2D eigenvalue weighted by Gasteiger charge is -2.12. The Morgan fingerprint density at radius 1 is 1.10 bits per heavy atom. The Balaban J connectivity index is 1.92. The van der Waals surface area contributed by atoms with Crippen LogP contribution in [0.3, 0.4) is 0 Å². The maximum atomic E-state index is 4.51. The molecule has 0 fully saturated rings. The number of halogens is 2. The minimum atomic E-state index is 0.748. The fourth-order valence-electron chi connectivity index (χ4n) is 2.31. The number of hydrogen-bond acceptors (Lipinski definition) is 2. The van der Waals surface area contributed by atoms with Crippen molar-refractivity contribution in [1.82, 2.24) is 4.98 Å². The van der Waals surface area contributed by atoms with Crippen molar-refractivity contribution in [1.29, 1.82) is 0 Å². The molecule has 0 saturated carbocycles. The van der Waals surface area contributed by atoms with Crippen LogP contribution in [0.2, 0.25) is 0 Å². The largest absolute Gasteiger partial charge is 0.381 e. The molecule has 0 radical (unpaired) electrons. The molecular weight excluding hydrogens is 392 g/mol. The van der Waals surface area contributed by atoms with Gasteiger partial charge in [0.05, 0.1) is 5.52 Å². The molecule has 1 aromatic heterocycles. The van der Waals surface area contributed by atoms with E-state index in [-0.39, 0.29) is 0 Å². The molecule has 3 rings (SSSR count). The van der Waals surface area contributed by atoms with Gasteiger partial charge in [-0.15, -0.1) is 0 Å². The third kappa shape index (κ3) is 3.11. The zero-order valence-corrected chi connectivity index (χ0v) is 14.7. The fraction of sp³-hybridized carbons (Fsp3) is 0.118. The molecule has 0 bridgehead atoms. The normalized spacial score (nSPS) is 10.8. The highest BCUT2D eigenvalue weighted by Crippen LogP contribution is 2.26. The molecule has 0 atom stereocenters. The van der Waals surface area contributed by atoms with Crippen LogP contribution in [0.1, 0.15) is 11.1 Å². The van der Waals surface area contributed by atoms with Gasteiger partial charge in [-0.25, -0.2) is 0 Å². The van der Waals surface area contributed by atoms with Crippen molar-refractivity contribution in [2.75, 3.05) is 5.32 Å². The smallest absolute Gasteiger partial charge is 0.0763 e. The van der Waals surface area contributed by atoms with Crippen molar-refractivity contribution in [2.24, 2.45) is 0 Å². The van der Waals surface area contributed by atoms with Crippen molar-refractivity contribution < 1.29 is 0 Å². The number of aryl methyl sites for hydroxylation is 1. The Kier molecular flexibility index (Phi) is 4.27.